The molecule has 0 unspecified atom stereocenters. The fourth-order valence-electron chi connectivity index (χ4n) is 3.48. The summed E-state index contributed by atoms with van der Waals surface area (Å²) in [5, 5.41) is 4.80. The van der Waals surface area contributed by atoms with E-state index in [2.05, 4.69) is 20.8 Å². The fourth-order valence-corrected chi connectivity index (χ4v) is 3.48. The molecule has 0 amide bonds. The average Bonchev–Trinajstić information content (AvgIpc) is 2.98. The molecule has 1 aliphatic heterocycles. The lowest BCUT2D eigenvalue weighted by Crippen LogP contribution is -2.42. The number of hydrogen-bond donors (Lipinski definition) is 0. The van der Waals surface area contributed by atoms with Gasteiger partial charge in [-0.05, 0) is 46.6 Å². The molecule has 0 bridgehead atoms. The summed E-state index contributed by atoms with van der Waals surface area (Å²) in [6.45, 7) is 14.4. The first kappa shape index (κ1) is 19.8. The maximum atomic E-state index is 13.6. The number of halogens is 2. The number of rotatable bonds is 2. The van der Waals surface area contributed by atoms with Gasteiger partial charge in [0.2, 0.25) is 5.92 Å². The lowest BCUT2D eigenvalue weighted by Gasteiger charge is -2.32. The van der Waals surface area contributed by atoms with E-state index in [4.69, 9.17) is 14.4 Å². The first-order chi connectivity index (χ1) is 11.7. The van der Waals surface area contributed by atoms with Crippen LogP contribution in [0.1, 0.15) is 85.9 Å². The van der Waals surface area contributed by atoms with Crippen molar-refractivity contribution in [2.45, 2.75) is 103 Å². The first-order valence-electron chi connectivity index (χ1n) is 9.55. The number of aromatic nitrogens is 2. The van der Waals surface area contributed by atoms with Gasteiger partial charge < -0.3 is 9.31 Å². The Labute approximate surface area is 155 Å². The fraction of sp³-hybridized carbons (Fsp3) is 0.842. The molecule has 0 atom stereocenters. The number of alkyl halides is 2. The first-order valence-corrected chi connectivity index (χ1v) is 9.55. The third kappa shape index (κ3) is 3.57. The average molecular weight is 368 g/mol. The molecule has 2 fully saturated rings. The zero-order valence-electron chi connectivity index (χ0n) is 17.0. The highest BCUT2D eigenvalue weighted by molar-refractivity contribution is 6.61. The maximum absolute atomic E-state index is 13.6. The van der Waals surface area contributed by atoms with E-state index in [0.29, 0.717) is 12.8 Å². The second-order valence-electron chi connectivity index (χ2n) is 9.82. The summed E-state index contributed by atoms with van der Waals surface area (Å²) in [7, 11) is -0.536. The monoisotopic (exact) mass is 368 g/mol. The Bertz CT molecular complexity index is 654. The molecule has 3 rings (SSSR count). The molecule has 0 radical (unpaired) electrons. The van der Waals surface area contributed by atoms with Crippen LogP contribution in [0.4, 0.5) is 8.78 Å². The molecule has 0 aromatic carbocycles. The Morgan fingerprint density at radius 2 is 1.58 bits per heavy atom. The Morgan fingerprint density at radius 1 is 1.08 bits per heavy atom. The number of hydrogen-bond acceptors (Lipinski definition) is 3. The third-order valence-electron chi connectivity index (χ3n) is 6.06. The molecule has 1 saturated carbocycles. The molecule has 4 nitrogen and oxygen atoms in total. The Kier molecular flexibility index (Phi) is 4.59. The minimum atomic E-state index is -2.55. The van der Waals surface area contributed by atoms with Gasteiger partial charge in [0.05, 0.1) is 28.5 Å². The van der Waals surface area contributed by atoms with E-state index in [1.807, 2.05) is 38.4 Å². The van der Waals surface area contributed by atoms with E-state index >= 15 is 0 Å². The normalized spacial score (nSPS) is 25.7. The van der Waals surface area contributed by atoms with Gasteiger partial charge in [0.15, 0.2) is 0 Å². The van der Waals surface area contributed by atoms with Crippen molar-refractivity contribution in [2.24, 2.45) is 0 Å². The van der Waals surface area contributed by atoms with Crippen LogP contribution in [0.25, 0.3) is 0 Å². The van der Waals surface area contributed by atoms with Gasteiger partial charge in [-0.1, -0.05) is 20.8 Å². The SMILES string of the molecule is CC(C)(C)c1cc(B2OC(C)(C)C(C)(C)O2)n(C2CCC(F)(F)CC2)n1. The van der Waals surface area contributed by atoms with Gasteiger partial charge in [-0.2, -0.15) is 5.10 Å². The summed E-state index contributed by atoms with van der Waals surface area (Å²) in [6, 6.07) is 1.98. The smallest absolute Gasteiger partial charge is 0.398 e. The van der Waals surface area contributed by atoms with E-state index in [1.54, 1.807) is 0 Å². The minimum absolute atomic E-state index is 0.0419. The lowest BCUT2D eigenvalue weighted by molar-refractivity contribution is -0.0448. The van der Waals surface area contributed by atoms with E-state index in [0.717, 1.165) is 11.3 Å². The van der Waals surface area contributed by atoms with Crippen molar-refractivity contribution < 1.29 is 18.1 Å². The van der Waals surface area contributed by atoms with Crippen LogP contribution in [0.5, 0.6) is 0 Å². The second-order valence-corrected chi connectivity index (χ2v) is 9.82. The summed E-state index contributed by atoms with van der Waals surface area (Å²) in [5.74, 6) is -2.55. The van der Waals surface area contributed by atoms with Crippen LogP contribution >= 0.6 is 0 Å². The van der Waals surface area contributed by atoms with Crippen molar-refractivity contribution in [3.63, 3.8) is 0 Å². The van der Waals surface area contributed by atoms with Crippen LogP contribution < -0.4 is 5.59 Å². The van der Waals surface area contributed by atoms with Gasteiger partial charge in [-0.15, -0.1) is 0 Å². The van der Waals surface area contributed by atoms with Crippen molar-refractivity contribution in [2.75, 3.05) is 0 Å². The Balaban J connectivity index is 1.96. The van der Waals surface area contributed by atoms with Crippen LogP contribution in [0.3, 0.4) is 0 Å². The molecule has 7 heteroatoms. The van der Waals surface area contributed by atoms with Gasteiger partial charge in [0, 0.05) is 18.3 Å². The summed E-state index contributed by atoms with van der Waals surface area (Å²) >= 11 is 0. The molecule has 2 heterocycles. The summed E-state index contributed by atoms with van der Waals surface area (Å²) < 4.78 is 41.6. The van der Waals surface area contributed by atoms with E-state index in [-0.39, 0.29) is 24.3 Å². The molecule has 1 aromatic heterocycles. The molecule has 0 spiro atoms. The molecule has 26 heavy (non-hydrogen) atoms. The highest BCUT2D eigenvalue weighted by Crippen LogP contribution is 2.40. The Morgan fingerprint density at radius 3 is 2.04 bits per heavy atom. The molecule has 1 saturated heterocycles. The summed E-state index contributed by atoms with van der Waals surface area (Å²) in [4.78, 5) is 0. The quantitative estimate of drug-likeness (QED) is 0.733. The van der Waals surface area contributed by atoms with Crippen LogP contribution in [-0.4, -0.2) is 34.0 Å². The predicted octanol–water partition coefficient (Wildman–Crippen LogP) is 4.23. The molecule has 2 aliphatic rings. The standard InChI is InChI=1S/C19H31BF2N2O2/c1-16(2,3)14-12-15(20-25-17(4,5)18(6,7)26-20)24(23-14)13-8-10-19(21,22)11-9-13/h12-13H,8-11H2,1-7H3. The topological polar surface area (TPSA) is 36.3 Å². The van der Waals surface area contributed by atoms with Crippen molar-refractivity contribution in [3.05, 3.63) is 11.8 Å². The third-order valence-corrected chi connectivity index (χ3v) is 6.06. The number of nitrogens with zero attached hydrogens (tertiary/aromatic N) is 2. The molecular weight excluding hydrogens is 337 g/mol. The van der Waals surface area contributed by atoms with Gasteiger partial charge in [0.25, 0.3) is 0 Å². The van der Waals surface area contributed by atoms with Gasteiger partial charge in [-0.3, -0.25) is 4.68 Å². The predicted molar refractivity (Wildman–Crippen MR) is 99.1 cm³/mol. The van der Waals surface area contributed by atoms with Crippen LogP contribution in [0, 0.1) is 0 Å². The zero-order valence-corrected chi connectivity index (χ0v) is 17.0. The molecule has 146 valence electrons. The maximum Gasteiger partial charge on any atom is 0.514 e. The zero-order chi connectivity index (χ0) is 19.5. The van der Waals surface area contributed by atoms with Crippen molar-refractivity contribution in [1.82, 2.24) is 9.78 Å². The molecule has 1 aromatic rings. The van der Waals surface area contributed by atoms with Crippen LogP contribution in [0.15, 0.2) is 6.07 Å². The minimum Gasteiger partial charge on any atom is -0.398 e. The van der Waals surface area contributed by atoms with E-state index in [9.17, 15) is 8.78 Å². The Hall–Kier alpha value is -0.945. The van der Waals surface area contributed by atoms with E-state index < -0.39 is 24.2 Å². The molecular formula is C19H31BF2N2O2. The van der Waals surface area contributed by atoms with Crippen molar-refractivity contribution in [1.29, 1.82) is 0 Å². The van der Waals surface area contributed by atoms with Gasteiger partial charge in [0.1, 0.15) is 0 Å². The van der Waals surface area contributed by atoms with Gasteiger partial charge in [-0.25, -0.2) is 8.78 Å². The largest absolute Gasteiger partial charge is 0.514 e. The van der Waals surface area contributed by atoms with Crippen molar-refractivity contribution in [3.8, 4) is 0 Å². The molecule has 0 N–H and O–H groups in total. The van der Waals surface area contributed by atoms with E-state index in [1.165, 1.54) is 0 Å². The summed E-state index contributed by atoms with van der Waals surface area (Å²) in [6.07, 6.45) is 0.659. The second kappa shape index (κ2) is 6.03. The van der Waals surface area contributed by atoms with Crippen LogP contribution in [-0.2, 0) is 14.7 Å². The van der Waals surface area contributed by atoms with Gasteiger partial charge >= 0.3 is 7.12 Å². The van der Waals surface area contributed by atoms with Crippen molar-refractivity contribution >= 4 is 12.7 Å². The van der Waals surface area contributed by atoms with Crippen LogP contribution in [0.2, 0.25) is 0 Å². The molecule has 1 aliphatic carbocycles. The summed E-state index contributed by atoms with van der Waals surface area (Å²) in [5.41, 5.74) is 0.730. The highest BCUT2D eigenvalue weighted by Gasteiger charge is 2.53. The lowest BCUT2D eigenvalue weighted by atomic mass is 9.81. The highest BCUT2D eigenvalue weighted by atomic mass is 19.3.